The number of hydrogen-bond acceptors (Lipinski definition) is 5. The molecular weight excluding hydrogens is 186 g/mol. The fourth-order valence-electron chi connectivity index (χ4n) is 1.09. The molecule has 0 spiro atoms. The number of aliphatic imine (C=N–C) groups is 1. The number of carboxylic acids is 1. The SMILES string of the molecule is O=C=C1C=C2N=CC(C(=O)O)=CN2N1. The van der Waals surface area contributed by atoms with E-state index in [9.17, 15) is 9.59 Å². The highest BCUT2D eigenvalue weighted by Gasteiger charge is 2.21. The molecule has 0 aromatic carbocycles. The van der Waals surface area contributed by atoms with Gasteiger partial charge in [0.15, 0.2) is 11.8 Å². The van der Waals surface area contributed by atoms with Crippen molar-refractivity contribution in [3.8, 4) is 0 Å². The minimum absolute atomic E-state index is 0.0433. The van der Waals surface area contributed by atoms with Crippen LogP contribution in [0.15, 0.2) is 34.4 Å². The molecule has 0 aromatic rings. The predicted molar refractivity (Wildman–Crippen MR) is 46.5 cm³/mol. The lowest BCUT2D eigenvalue weighted by Crippen LogP contribution is -2.28. The molecule has 0 saturated carbocycles. The molecule has 6 nitrogen and oxygen atoms in total. The molecule has 0 bridgehead atoms. The van der Waals surface area contributed by atoms with Crippen LogP contribution in [0.4, 0.5) is 0 Å². The Morgan fingerprint density at radius 2 is 2.43 bits per heavy atom. The van der Waals surface area contributed by atoms with Crippen molar-refractivity contribution >= 4 is 18.1 Å². The summed E-state index contributed by atoms with van der Waals surface area (Å²) in [4.78, 5) is 24.7. The zero-order valence-electron chi connectivity index (χ0n) is 6.89. The molecule has 2 rings (SSSR count). The zero-order chi connectivity index (χ0) is 10.1. The topological polar surface area (TPSA) is 82.0 Å². The van der Waals surface area contributed by atoms with Crippen molar-refractivity contribution in [2.24, 2.45) is 4.99 Å². The number of rotatable bonds is 1. The average molecular weight is 191 g/mol. The number of allylic oxidation sites excluding steroid dienone is 1. The molecule has 2 heterocycles. The summed E-state index contributed by atoms with van der Waals surface area (Å²) in [6, 6.07) is 0. The molecule has 0 atom stereocenters. The summed E-state index contributed by atoms with van der Waals surface area (Å²) in [7, 11) is 0. The Kier molecular flexibility index (Phi) is 1.69. The van der Waals surface area contributed by atoms with Crippen LogP contribution in [0.25, 0.3) is 0 Å². The van der Waals surface area contributed by atoms with E-state index < -0.39 is 5.97 Å². The number of aliphatic carboxylic acids is 1. The van der Waals surface area contributed by atoms with Gasteiger partial charge in [0.05, 0.1) is 5.57 Å². The van der Waals surface area contributed by atoms with Crippen molar-refractivity contribution in [2.75, 3.05) is 0 Å². The number of carbonyl (C=O) groups is 1. The molecule has 6 heteroatoms. The Morgan fingerprint density at radius 1 is 1.64 bits per heavy atom. The van der Waals surface area contributed by atoms with Crippen LogP contribution in [-0.2, 0) is 9.59 Å². The van der Waals surface area contributed by atoms with Gasteiger partial charge in [-0.3, -0.25) is 5.43 Å². The van der Waals surface area contributed by atoms with Crippen molar-refractivity contribution in [3.05, 3.63) is 29.4 Å². The maximum absolute atomic E-state index is 10.6. The maximum Gasteiger partial charge on any atom is 0.338 e. The first kappa shape index (κ1) is 8.28. The zero-order valence-corrected chi connectivity index (χ0v) is 6.89. The van der Waals surface area contributed by atoms with Gasteiger partial charge in [0.1, 0.15) is 5.70 Å². The lowest BCUT2D eigenvalue weighted by atomic mass is 10.3. The lowest BCUT2D eigenvalue weighted by molar-refractivity contribution is -0.132. The molecule has 0 radical (unpaired) electrons. The van der Waals surface area contributed by atoms with Gasteiger partial charge in [0.2, 0.25) is 0 Å². The van der Waals surface area contributed by atoms with E-state index in [1.807, 2.05) is 0 Å². The van der Waals surface area contributed by atoms with Gasteiger partial charge in [-0.2, -0.15) is 0 Å². The van der Waals surface area contributed by atoms with Crippen molar-refractivity contribution in [1.82, 2.24) is 10.4 Å². The molecule has 0 amide bonds. The quantitative estimate of drug-likeness (QED) is 0.541. The minimum Gasteiger partial charge on any atom is -0.478 e. The van der Waals surface area contributed by atoms with E-state index in [-0.39, 0.29) is 11.3 Å². The molecule has 2 aliphatic heterocycles. The molecule has 2 aliphatic rings. The first-order chi connectivity index (χ1) is 6.70. The third kappa shape index (κ3) is 1.19. The van der Waals surface area contributed by atoms with E-state index in [4.69, 9.17) is 5.11 Å². The highest BCUT2D eigenvalue weighted by atomic mass is 16.4. The lowest BCUT2D eigenvalue weighted by Gasteiger charge is -2.18. The number of carboxylic acid groups (broad SMARTS) is 1. The number of hydrogen-bond donors (Lipinski definition) is 2. The summed E-state index contributed by atoms with van der Waals surface area (Å²) in [6.45, 7) is 0. The minimum atomic E-state index is -1.07. The van der Waals surface area contributed by atoms with Crippen LogP contribution in [0.1, 0.15) is 0 Å². The van der Waals surface area contributed by atoms with Crippen LogP contribution >= 0.6 is 0 Å². The second-order valence-corrected chi connectivity index (χ2v) is 2.65. The molecular formula is C8H5N3O3. The van der Waals surface area contributed by atoms with E-state index in [1.165, 1.54) is 23.5 Å². The third-order valence-electron chi connectivity index (χ3n) is 1.72. The number of carbonyl (C=O) groups excluding carboxylic acids is 1. The summed E-state index contributed by atoms with van der Waals surface area (Å²) in [5.74, 6) is 1.05. The van der Waals surface area contributed by atoms with Gasteiger partial charge in [-0.05, 0) is 0 Å². The second-order valence-electron chi connectivity index (χ2n) is 2.65. The molecule has 0 saturated heterocycles. The smallest absolute Gasteiger partial charge is 0.338 e. The number of fused-ring (bicyclic) bond motifs is 1. The normalized spacial score (nSPS) is 18.0. The molecule has 70 valence electrons. The van der Waals surface area contributed by atoms with E-state index in [2.05, 4.69) is 10.4 Å². The highest BCUT2D eigenvalue weighted by Crippen LogP contribution is 2.18. The average Bonchev–Trinajstić information content (AvgIpc) is 2.58. The van der Waals surface area contributed by atoms with Crippen molar-refractivity contribution in [1.29, 1.82) is 0 Å². The summed E-state index contributed by atoms with van der Waals surface area (Å²) < 4.78 is 0. The van der Waals surface area contributed by atoms with Gasteiger partial charge in [0, 0.05) is 18.5 Å². The number of nitrogens with zero attached hydrogens (tertiary/aromatic N) is 2. The van der Waals surface area contributed by atoms with Crippen molar-refractivity contribution < 1.29 is 14.7 Å². The van der Waals surface area contributed by atoms with Gasteiger partial charge in [-0.15, -0.1) is 0 Å². The van der Waals surface area contributed by atoms with Crippen LogP contribution in [0.2, 0.25) is 0 Å². The van der Waals surface area contributed by atoms with Crippen LogP contribution < -0.4 is 5.43 Å². The van der Waals surface area contributed by atoms with Crippen LogP contribution in [0, 0.1) is 0 Å². The largest absolute Gasteiger partial charge is 0.478 e. The Balaban J connectivity index is 2.34. The first-order valence-electron chi connectivity index (χ1n) is 3.72. The van der Waals surface area contributed by atoms with Crippen molar-refractivity contribution in [2.45, 2.75) is 0 Å². The Morgan fingerprint density at radius 3 is 3.07 bits per heavy atom. The van der Waals surface area contributed by atoms with Gasteiger partial charge >= 0.3 is 5.97 Å². The van der Waals surface area contributed by atoms with E-state index >= 15 is 0 Å². The standard InChI is InChI=1S/C8H5N3O3/c12-4-6-1-7-9-2-5(8(13)14)3-11(7)10-6/h1-3,10H,(H,13,14). The molecule has 14 heavy (non-hydrogen) atoms. The fourth-order valence-corrected chi connectivity index (χ4v) is 1.09. The number of nitrogens with one attached hydrogen (secondary N) is 1. The monoisotopic (exact) mass is 191 g/mol. The molecule has 0 aliphatic carbocycles. The van der Waals surface area contributed by atoms with Gasteiger partial charge < -0.3 is 5.11 Å². The molecule has 2 N–H and O–H groups in total. The van der Waals surface area contributed by atoms with Crippen LogP contribution in [-0.4, -0.2) is 28.2 Å². The first-order valence-corrected chi connectivity index (χ1v) is 3.72. The second kappa shape index (κ2) is 2.86. The van der Waals surface area contributed by atoms with E-state index in [1.54, 1.807) is 5.94 Å². The van der Waals surface area contributed by atoms with Gasteiger partial charge in [-0.25, -0.2) is 19.6 Å². The van der Waals surface area contributed by atoms with Gasteiger partial charge in [-0.1, -0.05) is 0 Å². The Bertz CT molecular complexity index is 441. The summed E-state index contributed by atoms with van der Waals surface area (Å²) >= 11 is 0. The maximum atomic E-state index is 10.6. The Labute approximate surface area is 78.5 Å². The van der Waals surface area contributed by atoms with E-state index in [0.717, 1.165) is 0 Å². The van der Waals surface area contributed by atoms with E-state index in [0.29, 0.717) is 5.82 Å². The summed E-state index contributed by atoms with van der Waals surface area (Å²) in [5.41, 5.74) is 2.87. The Hall–Kier alpha value is -2.33. The predicted octanol–water partition coefficient (Wildman–Crippen LogP) is -0.584. The molecule has 0 fully saturated rings. The van der Waals surface area contributed by atoms with Crippen molar-refractivity contribution in [3.63, 3.8) is 0 Å². The van der Waals surface area contributed by atoms with Crippen LogP contribution in [0.3, 0.4) is 0 Å². The fraction of sp³-hybridized carbons (Fsp3) is 0. The van der Waals surface area contributed by atoms with Gasteiger partial charge in [0.25, 0.3) is 0 Å². The number of hydrazine groups is 1. The molecule has 0 aromatic heterocycles. The third-order valence-corrected chi connectivity index (χ3v) is 1.72. The summed E-state index contributed by atoms with van der Waals surface area (Å²) in [6.07, 6.45) is 4.03. The summed E-state index contributed by atoms with van der Waals surface area (Å²) in [5, 5.41) is 10.0. The van der Waals surface area contributed by atoms with Crippen LogP contribution in [0.5, 0.6) is 0 Å². The molecule has 0 unspecified atom stereocenters. The highest BCUT2D eigenvalue weighted by molar-refractivity contribution is 6.09.